The summed E-state index contributed by atoms with van der Waals surface area (Å²) in [6.07, 6.45) is 4.06. The Morgan fingerprint density at radius 2 is 2.12 bits per heavy atom. The van der Waals surface area contributed by atoms with Gasteiger partial charge in [-0.2, -0.15) is 0 Å². The first kappa shape index (κ1) is 12.2. The predicted octanol–water partition coefficient (Wildman–Crippen LogP) is 1.95. The largest absolute Gasteiger partial charge is 0.384 e. The van der Waals surface area contributed by atoms with Crippen LogP contribution < -0.4 is 11.1 Å². The summed E-state index contributed by atoms with van der Waals surface area (Å²) in [4.78, 5) is 6.78. The second-order valence-electron chi connectivity index (χ2n) is 4.85. The van der Waals surface area contributed by atoms with Crippen molar-refractivity contribution in [3.63, 3.8) is 0 Å². The maximum Gasteiger partial charge on any atom is 0.128 e. The van der Waals surface area contributed by atoms with Crippen LogP contribution in [0.4, 0.5) is 11.6 Å². The first-order valence-corrected chi connectivity index (χ1v) is 6.45. The summed E-state index contributed by atoms with van der Waals surface area (Å²) in [6, 6.07) is 6.10. The van der Waals surface area contributed by atoms with Gasteiger partial charge in [0, 0.05) is 12.6 Å². The Hall–Kier alpha value is -1.29. The lowest BCUT2D eigenvalue weighted by Gasteiger charge is -2.29. The molecule has 4 nitrogen and oxygen atoms in total. The summed E-state index contributed by atoms with van der Waals surface area (Å²) in [5, 5.41) is 3.40. The number of aromatic nitrogens is 1. The molecule has 1 aliphatic rings. The van der Waals surface area contributed by atoms with Gasteiger partial charge in [-0.15, -0.1) is 0 Å². The third-order valence-corrected chi connectivity index (χ3v) is 3.15. The van der Waals surface area contributed by atoms with Crippen LogP contribution in [0, 0.1) is 0 Å². The minimum atomic E-state index is 0.405. The van der Waals surface area contributed by atoms with Crippen LogP contribution in [0.1, 0.15) is 26.2 Å². The highest BCUT2D eigenvalue weighted by Crippen LogP contribution is 2.11. The normalized spacial score (nSPS) is 18.9. The van der Waals surface area contributed by atoms with Gasteiger partial charge in [-0.25, -0.2) is 4.98 Å². The van der Waals surface area contributed by atoms with Crippen LogP contribution in [-0.4, -0.2) is 35.6 Å². The fourth-order valence-electron chi connectivity index (χ4n) is 2.36. The molecular weight excluding hydrogens is 212 g/mol. The van der Waals surface area contributed by atoms with E-state index in [0.717, 1.165) is 12.4 Å². The van der Waals surface area contributed by atoms with Gasteiger partial charge in [0.25, 0.3) is 0 Å². The van der Waals surface area contributed by atoms with Crippen LogP contribution in [0.3, 0.4) is 0 Å². The van der Waals surface area contributed by atoms with E-state index in [1.54, 1.807) is 6.07 Å². The molecule has 0 spiro atoms. The van der Waals surface area contributed by atoms with E-state index in [4.69, 9.17) is 5.73 Å². The lowest BCUT2D eigenvalue weighted by atomic mass is 10.1. The van der Waals surface area contributed by atoms with E-state index >= 15 is 0 Å². The smallest absolute Gasteiger partial charge is 0.128 e. The summed E-state index contributed by atoms with van der Waals surface area (Å²) < 4.78 is 0. The molecule has 1 unspecified atom stereocenters. The van der Waals surface area contributed by atoms with Crippen molar-refractivity contribution in [1.29, 1.82) is 0 Å². The number of hydrogen-bond donors (Lipinski definition) is 2. The molecule has 0 radical (unpaired) electrons. The number of pyridine rings is 1. The summed E-state index contributed by atoms with van der Waals surface area (Å²) in [6.45, 7) is 5.74. The molecule has 0 saturated carbocycles. The minimum Gasteiger partial charge on any atom is -0.384 e. The van der Waals surface area contributed by atoms with Crippen molar-refractivity contribution in [2.45, 2.75) is 32.2 Å². The maximum absolute atomic E-state index is 5.66. The van der Waals surface area contributed by atoms with Gasteiger partial charge in [-0.05, 0) is 45.0 Å². The van der Waals surface area contributed by atoms with Crippen LogP contribution in [0.15, 0.2) is 18.2 Å². The molecule has 0 aliphatic carbocycles. The first-order chi connectivity index (χ1) is 8.24. The number of hydrogen-bond acceptors (Lipinski definition) is 4. The van der Waals surface area contributed by atoms with Gasteiger partial charge in [-0.3, -0.25) is 0 Å². The number of likely N-dealkylation sites (tertiary alicyclic amines) is 1. The third kappa shape index (κ3) is 3.89. The molecule has 4 heteroatoms. The molecule has 1 saturated heterocycles. The molecule has 1 atom stereocenters. The van der Waals surface area contributed by atoms with Crippen molar-refractivity contribution in [2.24, 2.45) is 0 Å². The molecular formula is C13H22N4. The molecule has 0 amide bonds. The Labute approximate surface area is 103 Å². The molecule has 94 valence electrons. The standard InChI is InChI=1S/C13H22N4/c1-11(10-17-8-3-2-4-9-17)15-13-7-5-6-12(14)16-13/h5-7,11H,2-4,8-10H2,1H3,(H3,14,15,16). The molecule has 1 aromatic heterocycles. The van der Waals surface area contributed by atoms with E-state index < -0.39 is 0 Å². The molecule has 3 N–H and O–H groups in total. The number of nitrogens with two attached hydrogens (primary N) is 1. The van der Waals surface area contributed by atoms with Crippen LogP contribution in [0.2, 0.25) is 0 Å². The van der Waals surface area contributed by atoms with Gasteiger partial charge in [0.05, 0.1) is 0 Å². The number of nitrogens with one attached hydrogen (secondary N) is 1. The second kappa shape index (κ2) is 5.87. The number of rotatable bonds is 4. The highest BCUT2D eigenvalue weighted by molar-refractivity contribution is 5.42. The van der Waals surface area contributed by atoms with Crippen molar-refractivity contribution in [1.82, 2.24) is 9.88 Å². The Morgan fingerprint density at radius 3 is 2.82 bits per heavy atom. The highest BCUT2D eigenvalue weighted by atomic mass is 15.2. The first-order valence-electron chi connectivity index (χ1n) is 6.45. The van der Waals surface area contributed by atoms with Crippen molar-refractivity contribution in [3.8, 4) is 0 Å². The average molecular weight is 234 g/mol. The van der Waals surface area contributed by atoms with Gasteiger partial charge in [0.2, 0.25) is 0 Å². The number of nitrogen functional groups attached to an aromatic ring is 1. The monoisotopic (exact) mass is 234 g/mol. The molecule has 1 aliphatic heterocycles. The van der Waals surface area contributed by atoms with Gasteiger partial charge >= 0.3 is 0 Å². The van der Waals surface area contributed by atoms with Crippen molar-refractivity contribution in [3.05, 3.63) is 18.2 Å². The van der Waals surface area contributed by atoms with Crippen molar-refractivity contribution < 1.29 is 0 Å². The Kier molecular flexibility index (Phi) is 4.20. The van der Waals surface area contributed by atoms with Gasteiger partial charge in [-0.1, -0.05) is 12.5 Å². The molecule has 2 heterocycles. The van der Waals surface area contributed by atoms with E-state index in [0.29, 0.717) is 11.9 Å². The number of piperidine rings is 1. The van der Waals surface area contributed by atoms with E-state index in [2.05, 4.69) is 22.1 Å². The van der Waals surface area contributed by atoms with Crippen molar-refractivity contribution in [2.75, 3.05) is 30.7 Å². The zero-order chi connectivity index (χ0) is 12.1. The van der Waals surface area contributed by atoms with E-state index in [1.165, 1.54) is 32.4 Å². The van der Waals surface area contributed by atoms with Crippen molar-refractivity contribution >= 4 is 11.6 Å². The molecule has 17 heavy (non-hydrogen) atoms. The fourth-order valence-corrected chi connectivity index (χ4v) is 2.36. The summed E-state index contributed by atoms with van der Waals surface area (Å²) in [5.74, 6) is 1.44. The lowest BCUT2D eigenvalue weighted by molar-refractivity contribution is 0.223. The average Bonchev–Trinajstić information content (AvgIpc) is 2.30. The second-order valence-corrected chi connectivity index (χ2v) is 4.85. The van der Waals surface area contributed by atoms with Gasteiger partial charge < -0.3 is 16.0 Å². The minimum absolute atomic E-state index is 0.405. The van der Waals surface area contributed by atoms with E-state index in [-0.39, 0.29) is 0 Å². The van der Waals surface area contributed by atoms with E-state index in [1.807, 2.05) is 12.1 Å². The summed E-state index contributed by atoms with van der Waals surface area (Å²) in [5.41, 5.74) is 5.66. The summed E-state index contributed by atoms with van der Waals surface area (Å²) in [7, 11) is 0. The molecule has 0 bridgehead atoms. The van der Waals surface area contributed by atoms with Crippen LogP contribution in [0.5, 0.6) is 0 Å². The zero-order valence-electron chi connectivity index (χ0n) is 10.5. The van der Waals surface area contributed by atoms with Crippen LogP contribution in [0.25, 0.3) is 0 Å². The third-order valence-electron chi connectivity index (χ3n) is 3.15. The highest BCUT2D eigenvalue weighted by Gasteiger charge is 2.13. The number of anilines is 2. The fraction of sp³-hybridized carbons (Fsp3) is 0.615. The Morgan fingerprint density at radius 1 is 1.35 bits per heavy atom. The summed E-state index contributed by atoms with van der Waals surface area (Å²) >= 11 is 0. The topological polar surface area (TPSA) is 54.2 Å². The number of nitrogens with zero attached hydrogens (tertiary/aromatic N) is 2. The Balaban J connectivity index is 1.82. The SMILES string of the molecule is CC(CN1CCCCC1)Nc1cccc(N)n1. The maximum atomic E-state index is 5.66. The quantitative estimate of drug-likeness (QED) is 0.836. The Bertz CT molecular complexity index is 347. The molecule has 2 rings (SSSR count). The van der Waals surface area contributed by atoms with Gasteiger partial charge in [0.1, 0.15) is 11.6 Å². The molecule has 1 fully saturated rings. The van der Waals surface area contributed by atoms with Crippen LogP contribution in [-0.2, 0) is 0 Å². The molecule has 1 aromatic rings. The lowest BCUT2D eigenvalue weighted by Crippen LogP contribution is -2.38. The van der Waals surface area contributed by atoms with E-state index in [9.17, 15) is 0 Å². The molecule has 0 aromatic carbocycles. The van der Waals surface area contributed by atoms with Crippen LogP contribution >= 0.6 is 0 Å². The zero-order valence-corrected chi connectivity index (χ0v) is 10.5. The van der Waals surface area contributed by atoms with Gasteiger partial charge in [0.15, 0.2) is 0 Å². The predicted molar refractivity (Wildman–Crippen MR) is 72.0 cm³/mol.